The Hall–Kier alpha value is -2.42. The average molecular weight is 295 g/mol. The van der Waals surface area contributed by atoms with Crippen molar-refractivity contribution in [3.63, 3.8) is 0 Å². The molecule has 0 aliphatic heterocycles. The fourth-order valence-electron chi connectivity index (χ4n) is 2.69. The molecule has 1 aliphatic carbocycles. The first-order chi connectivity index (χ1) is 10.7. The quantitative estimate of drug-likeness (QED) is 0.459. The minimum atomic E-state index is -0.560. The van der Waals surface area contributed by atoms with Crippen LogP contribution in [0.4, 0.5) is 0 Å². The number of carbonyl (C=O) groups is 2. The highest BCUT2D eigenvalue weighted by molar-refractivity contribution is 6.13. The lowest BCUT2D eigenvalue weighted by Crippen LogP contribution is -2.38. The Kier molecular flexibility index (Phi) is 5.48. The van der Waals surface area contributed by atoms with Gasteiger partial charge < -0.3 is 4.90 Å². The molecule has 2 rings (SSSR count). The summed E-state index contributed by atoms with van der Waals surface area (Å²) in [7, 11) is 0. The van der Waals surface area contributed by atoms with Crippen molar-refractivity contribution in [2.24, 2.45) is 5.92 Å². The summed E-state index contributed by atoms with van der Waals surface area (Å²) in [4.78, 5) is 26.6. The minimum absolute atomic E-state index is 0.0491. The summed E-state index contributed by atoms with van der Waals surface area (Å²) in [6.07, 6.45) is 6.46. The molecule has 22 heavy (non-hydrogen) atoms. The monoisotopic (exact) mass is 295 g/mol. The molecule has 114 valence electrons. The van der Waals surface area contributed by atoms with Crippen LogP contribution in [0, 0.1) is 5.92 Å². The highest BCUT2D eigenvalue weighted by Crippen LogP contribution is 2.29. The number of Topliss-reactive ketones (excluding diaryl/α,β-unsaturated/α-hetero) is 1. The summed E-state index contributed by atoms with van der Waals surface area (Å²) in [6, 6.07) is 9.72. The second kappa shape index (κ2) is 7.55. The van der Waals surface area contributed by atoms with Crippen LogP contribution in [-0.4, -0.2) is 29.7 Å². The van der Waals surface area contributed by atoms with Crippen molar-refractivity contribution < 1.29 is 9.59 Å². The number of ketones is 1. The molecular weight excluding hydrogens is 274 g/mol. The highest BCUT2D eigenvalue weighted by atomic mass is 16.2. The number of carbonyl (C=O) groups excluding carboxylic acids is 2. The maximum atomic E-state index is 12.5. The van der Waals surface area contributed by atoms with E-state index in [1.165, 1.54) is 0 Å². The molecule has 0 aromatic heterocycles. The van der Waals surface area contributed by atoms with Crippen LogP contribution in [0.25, 0.3) is 6.08 Å². The zero-order chi connectivity index (χ0) is 15.9. The Morgan fingerprint density at radius 3 is 2.41 bits per heavy atom. The third-order valence-corrected chi connectivity index (χ3v) is 3.78. The van der Waals surface area contributed by atoms with Crippen molar-refractivity contribution in [2.45, 2.75) is 12.8 Å². The van der Waals surface area contributed by atoms with Crippen molar-refractivity contribution in [3.8, 4) is 0 Å². The molecule has 0 saturated heterocycles. The topological polar surface area (TPSA) is 37.4 Å². The number of hydrogen-bond acceptors (Lipinski definition) is 2. The Bertz CT molecular complexity index is 591. The summed E-state index contributed by atoms with van der Waals surface area (Å²) in [5, 5.41) is 0. The molecule has 1 aromatic rings. The van der Waals surface area contributed by atoms with E-state index in [0.717, 1.165) is 11.1 Å². The Labute approximate surface area is 131 Å². The lowest BCUT2D eigenvalue weighted by molar-refractivity contribution is -0.138. The highest BCUT2D eigenvalue weighted by Gasteiger charge is 2.36. The van der Waals surface area contributed by atoms with Gasteiger partial charge >= 0.3 is 0 Å². The van der Waals surface area contributed by atoms with E-state index in [1.54, 1.807) is 17.1 Å². The fraction of sp³-hybridized carbons (Fsp3) is 0.263. The average Bonchev–Trinajstić information content (AvgIpc) is 2.88. The summed E-state index contributed by atoms with van der Waals surface area (Å²) in [5.74, 6) is -0.733. The predicted molar refractivity (Wildman–Crippen MR) is 89.1 cm³/mol. The van der Waals surface area contributed by atoms with Gasteiger partial charge in [-0.25, -0.2) is 0 Å². The van der Waals surface area contributed by atoms with Crippen LogP contribution in [0.3, 0.4) is 0 Å². The number of amides is 1. The predicted octanol–water partition coefficient (Wildman–Crippen LogP) is 3.25. The number of allylic oxidation sites excluding steroid dienone is 1. The molecule has 1 aliphatic rings. The van der Waals surface area contributed by atoms with E-state index in [2.05, 4.69) is 13.2 Å². The van der Waals surface area contributed by atoms with Crippen LogP contribution in [0.15, 0.2) is 61.2 Å². The lowest BCUT2D eigenvalue weighted by Gasteiger charge is -2.22. The van der Waals surface area contributed by atoms with Crippen molar-refractivity contribution in [3.05, 3.63) is 66.8 Å². The molecule has 1 atom stereocenters. The van der Waals surface area contributed by atoms with Gasteiger partial charge in [0.05, 0.1) is 0 Å². The molecule has 1 amide bonds. The summed E-state index contributed by atoms with van der Waals surface area (Å²) >= 11 is 0. The van der Waals surface area contributed by atoms with Gasteiger partial charge in [-0.05, 0) is 30.1 Å². The summed E-state index contributed by atoms with van der Waals surface area (Å²) < 4.78 is 0. The van der Waals surface area contributed by atoms with Gasteiger partial charge in [-0.3, -0.25) is 9.59 Å². The molecule has 3 nitrogen and oxygen atoms in total. The van der Waals surface area contributed by atoms with Crippen molar-refractivity contribution in [1.29, 1.82) is 0 Å². The summed E-state index contributed by atoms with van der Waals surface area (Å²) in [5.41, 5.74) is 1.73. The molecule has 0 heterocycles. The Morgan fingerprint density at radius 2 is 1.82 bits per heavy atom. The van der Waals surface area contributed by atoms with Crippen LogP contribution in [0.2, 0.25) is 0 Å². The van der Waals surface area contributed by atoms with Crippen LogP contribution in [0.1, 0.15) is 18.4 Å². The number of nitrogens with zero attached hydrogens (tertiary/aromatic N) is 1. The van der Waals surface area contributed by atoms with Crippen LogP contribution in [0.5, 0.6) is 0 Å². The molecule has 1 fully saturated rings. The van der Waals surface area contributed by atoms with Gasteiger partial charge in [-0.2, -0.15) is 0 Å². The molecule has 0 radical (unpaired) electrons. The normalized spacial score (nSPS) is 19.2. The van der Waals surface area contributed by atoms with E-state index >= 15 is 0 Å². The Balaban J connectivity index is 2.13. The second-order valence-corrected chi connectivity index (χ2v) is 5.36. The van der Waals surface area contributed by atoms with Gasteiger partial charge in [0, 0.05) is 13.1 Å². The van der Waals surface area contributed by atoms with Gasteiger partial charge in [0.15, 0.2) is 5.78 Å². The largest absolute Gasteiger partial charge is 0.335 e. The van der Waals surface area contributed by atoms with Gasteiger partial charge in [0.25, 0.3) is 0 Å². The van der Waals surface area contributed by atoms with Gasteiger partial charge in [0.1, 0.15) is 5.92 Å². The van der Waals surface area contributed by atoms with E-state index in [0.29, 0.717) is 25.9 Å². The maximum Gasteiger partial charge on any atom is 0.234 e. The standard InChI is InChI=1S/C19H21NO2/c1-3-12-20(13-4-2)19(22)17-11-10-16(18(17)21)14-15-8-6-5-7-9-15/h3-9,14,17H,1-2,10-13H2/b16-14+. The lowest BCUT2D eigenvalue weighted by atomic mass is 10.0. The van der Waals surface area contributed by atoms with Crippen molar-refractivity contribution in [2.75, 3.05) is 13.1 Å². The first-order valence-electron chi connectivity index (χ1n) is 7.47. The van der Waals surface area contributed by atoms with Gasteiger partial charge in [-0.15, -0.1) is 13.2 Å². The molecule has 1 unspecified atom stereocenters. The van der Waals surface area contributed by atoms with Crippen molar-refractivity contribution in [1.82, 2.24) is 4.90 Å². The Morgan fingerprint density at radius 1 is 1.18 bits per heavy atom. The number of benzene rings is 1. The fourth-order valence-corrected chi connectivity index (χ4v) is 2.69. The molecule has 1 aromatic carbocycles. The van der Waals surface area contributed by atoms with Gasteiger partial charge in [0.2, 0.25) is 5.91 Å². The van der Waals surface area contributed by atoms with E-state index in [-0.39, 0.29) is 11.7 Å². The smallest absolute Gasteiger partial charge is 0.234 e. The number of rotatable bonds is 6. The summed E-state index contributed by atoms with van der Waals surface area (Å²) in [6.45, 7) is 8.19. The molecule has 0 spiro atoms. The van der Waals surface area contributed by atoms with E-state index < -0.39 is 5.92 Å². The molecule has 1 saturated carbocycles. The minimum Gasteiger partial charge on any atom is -0.335 e. The van der Waals surface area contributed by atoms with E-state index in [9.17, 15) is 9.59 Å². The van der Waals surface area contributed by atoms with Crippen LogP contribution >= 0.6 is 0 Å². The van der Waals surface area contributed by atoms with Crippen molar-refractivity contribution >= 4 is 17.8 Å². The molecule has 0 N–H and O–H groups in total. The number of hydrogen-bond donors (Lipinski definition) is 0. The zero-order valence-corrected chi connectivity index (χ0v) is 12.7. The third-order valence-electron chi connectivity index (χ3n) is 3.78. The SMILES string of the molecule is C=CCN(CC=C)C(=O)C1CC/C(=C\c2ccccc2)C1=O. The first kappa shape index (κ1) is 16.0. The maximum absolute atomic E-state index is 12.5. The second-order valence-electron chi connectivity index (χ2n) is 5.36. The van der Waals surface area contributed by atoms with E-state index in [1.807, 2.05) is 36.4 Å². The zero-order valence-electron chi connectivity index (χ0n) is 12.7. The molecule has 0 bridgehead atoms. The van der Waals surface area contributed by atoms with E-state index in [4.69, 9.17) is 0 Å². The third kappa shape index (κ3) is 3.61. The van der Waals surface area contributed by atoms with Gasteiger partial charge in [-0.1, -0.05) is 42.5 Å². The molecule has 3 heteroatoms. The van der Waals surface area contributed by atoms with Crippen LogP contribution < -0.4 is 0 Å². The molecular formula is C19H21NO2. The van der Waals surface area contributed by atoms with Crippen LogP contribution in [-0.2, 0) is 9.59 Å². The first-order valence-corrected chi connectivity index (χ1v) is 7.47.